The standard InChI is InChI=1S/C13H19N3O3S/c1-10-4-5-12(11(2)14-10)13(17)15-6-8-16(9-7-15)20(3,18)19/h4-5H,6-9H2,1-3H3. The number of carbonyl (C=O) groups excluding carboxylic acids is 1. The van der Waals surface area contributed by atoms with Gasteiger partial charge in [0.1, 0.15) is 0 Å². The highest BCUT2D eigenvalue weighted by Gasteiger charge is 2.27. The molecule has 0 aliphatic carbocycles. The summed E-state index contributed by atoms with van der Waals surface area (Å²) < 4.78 is 24.3. The van der Waals surface area contributed by atoms with Crippen LogP contribution in [0.25, 0.3) is 0 Å². The highest BCUT2D eigenvalue weighted by atomic mass is 32.2. The summed E-state index contributed by atoms with van der Waals surface area (Å²) in [5.41, 5.74) is 2.17. The van der Waals surface area contributed by atoms with Crippen molar-refractivity contribution in [2.75, 3.05) is 32.4 Å². The second kappa shape index (κ2) is 5.49. The number of amides is 1. The lowest BCUT2D eigenvalue weighted by Gasteiger charge is -2.33. The average molecular weight is 297 g/mol. The minimum absolute atomic E-state index is 0.0804. The summed E-state index contributed by atoms with van der Waals surface area (Å²) >= 11 is 0. The van der Waals surface area contributed by atoms with Crippen LogP contribution in [0.2, 0.25) is 0 Å². The summed E-state index contributed by atoms with van der Waals surface area (Å²) in [7, 11) is -3.17. The molecule has 7 heteroatoms. The van der Waals surface area contributed by atoms with E-state index in [9.17, 15) is 13.2 Å². The van der Waals surface area contributed by atoms with Gasteiger partial charge < -0.3 is 4.90 Å². The molecule has 1 fully saturated rings. The molecular weight excluding hydrogens is 278 g/mol. The fourth-order valence-corrected chi connectivity index (χ4v) is 3.13. The second-order valence-corrected chi connectivity index (χ2v) is 7.02. The molecule has 1 aromatic heterocycles. The number of aromatic nitrogens is 1. The van der Waals surface area contributed by atoms with Gasteiger partial charge in [-0.1, -0.05) is 0 Å². The van der Waals surface area contributed by atoms with E-state index in [1.165, 1.54) is 10.6 Å². The van der Waals surface area contributed by atoms with E-state index in [0.717, 1.165) is 5.69 Å². The summed E-state index contributed by atoms with van der Waals surface area (Å²) in [6, 6.07) is 3.59. The highest BCUT2D eigenvalue weighted by molar-refractivity contribution is 7.88. The Morgan fingerprint density at radius 2 is 1.75 bits per heavy atom. The lowest BCUT2D eigenvalue weighted by Crippen LogP contribution is -2.50. The van der Waals surface area contributed by atoms with Crippen LogP contribution >= 0.6 is 0 Å². The van der Waals surface area contributed by atoms with E-state index >= 15 is 0 Å². The van der Waals surface area contributed by atoms with Crippen LogP contribution < -0.4 is 0 Å². The van der Waals surface area contributed by atoms with Crippen LogP contribution in [0.1, 0.15) is 21.7 Å². The minimum Gasteiger partial charge on any atom is -0.336 e. The van der Waals surface area contributed by atoms with Gasteiger partial charge in [-0.3, -0.25) is 9.78 Å². The van der Waals surface area contributed by atoms with Crippen LogP contribution in [0.5, 0.6) is 0 Å². The molecule has 2 rings (SSSR count). The Bertz CT molecular complexity index is 620. The molecule has 6 nitrogen and oxygen atoms in total. The molecule has 0 aromatic carbocycles. The van der Waals surface area contributed by atoms with E-state index < -0.39 is 10.0 Å². The fourth-order valence-electron chi connectivity index (χ4n) is 2.31. The maximum atomic E-state index is 12.4. The first kappa shape index (κ1) is 14.9. The van der Waals surface area contributed by atoms with Gasteiger partial charge in [-0.25, -0.2) is 8.42 Å². The third kappa shape index (κ3) is 3.16. The van der Waals surface area contributed by atoms with Crippen molar-refractivity contribution < 1.29 is 13.2 Å². The van der Waals surface area contributed by atoms with Crippen LogP contribution in [-0.4, -0.2) is 60.9 Å². The number of rotatable bonds is 2. The van der Waals surface area contributed by atoms with Crippen molar-refractivity contribution >= 4 is 15.9 Å². The number of hydrogen-bond acceptors (Lipinski definition) is 4. The van der Waals surface area contributed by atoms with Crippen LogP contribution in [0.4, 0.5) is 0 Å². The fraction of sp³-hybridized carbons (Fsp3) is 0.538. The van der Waals surface area contributed by atoms with E-state index in [4.69, 9.17) is 0 Å². The molecule has 0 unspecified atom stereocenters. The normalized spacial score (nSPS) is 17.2. The van der Waals surface area contributed by atoms with Gasteiger partial charge in [0.05, 0.1) is 17.5 Å². The first-order chi connectivity index (χ1) is 9.29. The molecule has 0 radical (unpaired) electrons. The minimum atomic E-state index is -3.17. The number of aryl methyl sites for hydroxylation is 2. The quantitative estimate of drug-likeness (QED) is 0.793. The van der Waals surface area contributed by atoms with E-state index in [-0.39, 0.29) is 5.91 Å². The molecule has 0 spiro atoms. The predicted octanol–water partition coefficient (Wildman–Crippen LogP) is 0.416. The maximum Gasteiger partial charge on any atom is 0.255 e. The van der Waals surface area contributed by atoms with Crippen molar-refractivity contribution in [3.8, 4) is 0 Å². The summed E-state index contributed by atoms with van der Waals surface area (Å²) in [6.45, 7) is 5.23. The molecule has 1 aliphatic rings. The molecule has 0 bridgehead atoms. The largest absolute Gasteiger partial charge is 0.336 e. The Morgan fingerprint density at radius 1 is 1.15 bits per heavy atom. The summed E-state index contributed by atoms with van der Waals surface area (Å²) in [6.07, 6.45) is 1.19. The Labute approximate surface area is 119 Å². The number of pyridine rings is 1. The first-order valence-electron chi connectivity index (χ1n) is 6.47. The maximum absolute atomic E-state index is 12.4. The third-order valence-electron chi connectivity index (χ3n) is 3.45. The SMILES string of the molecule is Cc1ccc(C(=O)N2CCN(S(C)(=O)=O)CC2)c(C)n1. The Kier molecular flexibility index (Phi) is 4.10. The van der Waals surface area contributed by atoms with Crippen LogP contribution in [0, 0.1) is 13.8 Å². The molecule has 1 aliphatic heterocycles. The lowest BCUT2D eigenvalue weighted by atomic mass is 10.1. The summed E-state index contributed by atoms with van der Waals surface area (Å²) in [5, 5.41) is 0. The molecule has 110 valence electrons. The van der Waals surface area contributed by atoms with E-state index in [0.29, 0.717) is 37.4 Å². The molecule has 0 atom stereocenters. The Balaban J connectivity index is 2.09. The van der Waals surface area contributed by atoms with Gasteiger partial charge in [-0.05, 0) is 26.0 Å². The molecule has 1 saturated heterocycles. The molecule has 20 heavy (non-hydrogen) atoms. The number of sulfonamides is 1. The average Bonchev–Trinajstić information content (AvgIpc) is 2.37. The highest BCUT2D eigenvalue weighted by Crippen LogP contribution is 2.13. The topological polar surface area (TPSA) is 70.6 Å². The molecule has 2 heterocycles. The second-order valence-electron chi connectivity index (χ2n) is 5.04. The van der Waals surface area contributed by atoms with Gasteiger partial charge in [-0.15, -0.1) is 0 Å². The van der Waals surface area contributed by atoms with Crippen LogP contribution in [-0.2, 0) is 10.0 Å². The first-order valence-corrected chi connectivity index (χ1v) is 8.32. The van der Waals surface area contributed by atoms with Crippen LogP contribution in [0.15, 0.2) is 12.1 Å². The van der Waals surface area contributed by atoms with Gasteiger partial charge in [0.25, 0.3) is 5.91 Å². The monoisotopic (exact) mass is 297 g/mol. The number of carbonyl (C=O) groups is 1. The molecule has 0 N–H and O–H groups in total. The number of nitrogens with zero attached hydrogens (tertiary/aromatic N) is 3. The summed E-state index contributed by atoms with van der Waals surface area (Å²) in [5.74, 6) is -0.0804. The van der Waals surface area contributed by atoms with Crippen molar-refractivity contribution in [2.45, 2.75) is 13.8 Å². The Hall–Kier alpha value is -1.47. The van der Waals surface area contributed by atoms with E-state index in [1.807, 2.05) is 19.9 Å². The molecule has 1 aromatic rings. The number of piperazine rings is 1. The zero-order chi connectivity index (χ0) is 14.9. The van der Waals surface area contributed by atoms with Crippen molar-refractivity contribution in [2.24, 2.45) is 0 Å². The lowest BCUT2D eigenvalue weighted by molar-refractivity contribution is 0.0697. The van der Waals surface area contributed by atoms with Gasteiger partial charge in [-0.2, -0.15) is 4.31 Å². The predicted molar refractivity (Wildman–Crippen MR) is 76.0 cm³/mol. The van der Waals surface area contributed by atoms with Crippen molar-refractivity contribution in [1.82, 2.24) is 14.2 Å². The molecule has 0 saturated carbocycles. The van der Waals surface area contributed by atoms with Gasteiger partial charge in [0.15, 0.2) is 0 Å². The smallest absolute Gasteiger partial charge is 0.255 e. The zero-order valence-corrected chi connectivity index (χ0v) is 12.8. The van der Waals surface area contributed by atoms with E-state index in [1.54, 1.807) is 11.0 Å². The molecule has 1 amide bonds. The molecular formula is C13H19N3O3S. The van der Waals surface area contributed by atoms with Crippen molar-refractivity contribution in [3.05, 3.63) is 29.1 Å². The van der Waals surface area contributed by atoms with Gasteiger partial charge >= 0.3 is 0 Å². The van der Waals surface area contributed by atoms with Gasteiger partial charge in [0.2, 0.25) is 10.0 Å². The Morgan fingerprint density at radius 3 is 2.25 bits per heavy atom. The van der Waals surface area contributed by atoms with Crippen molar-refractivity contribution in [1.29, 1.82) is 0 Å². The van der Waals surface area contributed by atoms with Crippen molar-refractivity contribution in [3.63, 3.8) is 0 Å². The van der Waals surface area contributed by atoms with Crippen LogP contribution in [0.3, 0.4) is 0 Å². The van der Waals surface area contributed by atoms with Gasteiger partial charge in [0, 0.05) is 31.9 Å². The third-order valence-corrected chi connectivity index (χ3v) is 4.75. The zero-order valence-electron chi connectivity index (χ0n) is 12.0. The number of hydrogen-bond donors (Lipinski definition) is 0. The van der Waals surface area contributed by atoms with E-state index in [2.05, 4.69) is 4.98 Å². The summed E-state index contributed by atoms with van der Waals surface area (Å²) in [4.78, 5) is 18.4.